The topological polar surface area (TPSA) is 72.5 Å². The molecule has 1 spiro atoms. The van der Waals surface area contributed by atoms with Crippen molar-refractivity contribution in [2.24, 2.45) is 0 Å². The maximum absolute atomic E-state index is 12.1. The van der Waals surface area contributed by atoms with Gasteiger partial charge in [0.2, 0.25) is 5.88 Å². The van der Waals surface area contributed by atoms with Crippen molar-refractivity contribution >= 4 is 6.03 Å². The highest BCUT2D eigenvalue weighted by atomic mass is 19.4. The van der Waals surface area contributed by atoms with Gasteiger partial charge in [0, 0.05) is 18.8 Å². The van der Waals surface area contributed by atoms with Gasteiger partial charge < -0.3 is 20.1 Å². The van der Waals surface area contributed by atoms with E-state index in [2.05, 4.69) is 20.4 Å². The second-order valence-electron chi connectivity index (χ2n) is 6.13. The number of pyridine rings is 1. The molecule has 0 aromatic carbocycles. The van der Waals surface area contributed by atoms with Gasteiger partial charge in [-0.15, -0.1) is 0 Å². The van der Waals surface area contributed by atoms with E-state index in [9.17, 15) is 18.0 Å². The Balaban J connectivity index is 1.43. The molecule has 0 unspecified atom stereocenters. The molecule has 1 saturated carbocycles. The van der Waals surface area contributed by atoms with Gasteiger partial charge >= 0.3 is 12.2 Å². The van der Waals surface area contributed by atoms with E-state index in [0.717, 1.165) is 19.3 Å². The molecule has 2 amide bonds. The molecule has 2 fully saturated rings. The number of hydrogen-bond acceptors (Lipinski definition) is 4. The second-order valence-corrected chi connectivity index (χ2v) is 6.13. The molecule has 1 saturated heterocycles. The van der Waals surface area contributed by atoms with E-state index < -0.39 is 12.8 Å². The van der Waals surface area contributed by atoms with Crippen molar-refractivity contribution in [3.63, 3.8) is 0 Å². The normalized spacial score (nSPS) is 21.5. The molecule has 1 aliphatic heterocycles. The van der Waals surface area contributed by atoms with Crippen LogP contribution in [0, 0.1) is 0 Å². The van der Waals surface area contributed by atoms with Crippen molar-refractivity contribution in [1.82, 2.24) is 15.6 Å². The van der Waals surface area contributed by atoms with Gasteiger partial charge in [0.15, 0.2) is 6.61 Å². The third kappa shape index (κ3) is 4.73. The fourth-order valence-corrected chi connectivity index (χ4v) is 2.64. The van der Waals surface area contributed by atoms with Crippen LogP contribution in [0.25, 0.3) is 0 Å². The average Bonchev–Trinajstić information content (AvgIpc) is 3.16. The average molecular weight is 345 g/mol. The van der Waals surface area contributed by atoms with Crippen LogP contribution in [0.5, 0.6) is 5.88 Å². The highest BCUT2D eigenvalue weighted by molar-refractivity contribution is 5.74. The number of aromatic nitrogens is 1. The minimum absolute atomic E-state index is 0.00406. The lowest BCUT2D eigenvalue weighted by molar-refractivity contribution is -0.154. The van der Waals surface area contributed by atoms with Crippen LogP contribution in [0.1, 0.15) is 24.8 Å². The van der Waals surface area contributed by atoms with E-state index in [1.807, 2.05) is 0 Å². The zero-order valence-corrected chi connectivity index (χ0v) is 12.9. The first-order valence-electron chi connectivity index (χ1n) is 7.66. The molecule has 9 heteroatoms. The van der Waals surface area contributed by atoms with Gasteiger partial charge in [-0.05, 0) is 30.9 Å². The molecule has 1 aliphatic carbocycles. The largest absolute Gasteiger partial charge is 0.468 e. The summed E-state index contributed by atoms with van der Waals surface area (Å²) in [7, 11) is 0. The number of hydrogen-bond donors (Lipinski definition) is 2. The summed E-state index contributed by atoms with van der Waals surface area (Å²) in [6.07, 6.45) is -0.166. The van der Waals surface area contributed by atoms with Gasteiger partial charge in [0.05, 0.1) is 18.2 Å². The number of ether oxygens (including phenoxy) is 2. The molecule has 1 aromatic rings. The van der Waals surface area contributed by atoms with Gasteiger partial charge in [0.25, 0.3) is 0 Å². The van der Waals surface area contributed by atoms with Crippen molar-refractivity contribution < 1.29 is 27.4 Å². The van der Waals surface area contributed by atoms with E-state index >= 15 is 0 Å². The third-order valence-corrected chi connectivity index (χ3v) is 3.99. The standard InChI is InChI=1S/C15H18F3N3O3/c16-15(17,18)9-23-12-5-10(1-4-19-12)7-20-13(22)21-11-6-14(2-3-14)24-8-11/h1,4-5,11H,2-3,6-9H2,(H2,20,21,22)/t11-/m1/s1. The highest BCUT2D eigenvalue weighted by Crippen LogP contribution is 2.47. The van der Waals surface area contributed by atoms with Gasteiger partial charge in [-0.1, -0.05) is 0 Å². The molecule has 2 heterocycles. The zero-order valence-electron chi connectivity index (χ0n) is 12.9. The number of rotatable bonds is 5. The Labute approximate surface area is 136 Å². The number of carbonyl (C=O) groups is 1. The smallest absolute Gasteiger partial charge is 0.422 e. The summed E-state index contributed by atoms with van der Waals surface area (Å²) >= 11 is 0. The number of amides is 2. The number of halogens is 3. The maximum Gasteiger partial charge on any atom is 0.422 e. The lowest BCUT2D eigenvalue weighted by Gasteiger charge is -2.13. The second kappa shape index (κ2) is 6.46. The first-order chi connectivity index (χ1) is 11.3. The minimum atomic E-state index is -4.42. The summed E-state index contributed by atoms with van der Waals surface area (Å²) in [5.74, 6) is -0.132. The summed E-state index contributed by atoms with van der Waals surface area (Å²) in [6.45, 7) is -0.728. The maximum atomic E-state index is 12.1. The summed E-state index contributed by atoms with van der Waals surface area (Å²) in [6, 6.07) is 2.62. The Hall–Kier alpha value is -2.03. The molecule has 1 aromatic heterocycles. The number of alkyl halides is 3. The van der Waals surface area contributed by atoms with Crippen LogP contribution < -0.4 is 15.4 Å². The SMILES string of the molecule is O=C(NCc1ccnc(OCC(F)(F)F)c1)N[C@H]1COC2(CC2)C1. The van der Waals surface area contributed by atoms with Gasteiger partial charge in [-0.25, -0.2) is 9.78 Å². The van der Waals surface area contributed by atoms with Crippen LogP contribution in [-0.2, 0) is 11.3 Å². The summed E-state index contributed by atoms with van der Waals surface area (Å²) in [5.41, 5.74) is 0.590. The Morgan fingerprint density at radius 2 is 2.25 bits per heavy atom. The molecule has 3 rings (SSSR count). The summed E-state index contributed by atoms with van der Waals surface area (Å²) in [5, 5.41) is 5.50. The van der Waals surface area contributed by atoms with Gasteiger partial charge in [-0.3, -0.25) is 0 Å². The third-order valence-electron chi connectivity index (χ3n) is 3.99. The zero-order chi connectivity index (χ0) is 17.2. The lowest BCUT2D eigenvalue weighted by atomic mass is 10.1. The Morgan fingerprint density at radius 1 is 1.46 bits per heavy atom. The van der Waals surface area contributed by atoms with Crippen LogP contribution in [0.4, 0.5) is 18.0 Å². The van der Waals surface area contributed by atoms with Crippen LogP contribution >= 0.6 is 0 Å². The Morgan fingerprint density at radius 3 is 2.92 bits per heavy atom. The fourth-order valence-electron chi connectivity index (χ4n) is 2.64. The first kappa shape index (κ1) is 16.8. The van der Waals surface area contributed by atoms with Crippen molar-refractivity contribution in [1.29, 1.82) is 0 Å². The van der Waals surface area contributed by atoms with Crippen molar-refractivity contribution in [2.45, 2.75) is 43.6 Å². The van der Waals surface area contributed by atoms with Gasteiger partial charge in [0.1, 0.15) is 0 Å². The number of nitrogens with zero attached hydrogens (tertiary/aromatic N) is 1. The molecule has 24 heavy (non-hydrogen) atoms. The van der Waals surface area contributed by atoms with Crippen molar-refractivity contribution in [3.05, 3.63) is 23.9 Å². The molecule has 6 nitrogen and oxygen atoms in total. The van der Waals surface area contributed by atoms with E-state index in [-0.39, 0.29) is 30.1 Å². The van der Waals surface area contributed by atoms with Crippen molar-refractivity contribution in [2.75, 3.05) is 13.2 Å². The van der Waals surface area contributed by atoms with Crippen LogP contribution in [0.3, 0.4) is 0 Å². The molecule has 1 atom stereocenters. The monoisotopic (exact) mass is 345 g/mol. The molecule has 0 radical (unpaired) electrons. The molecule has 2 aliphatic rings. The van der Waals surface area contributed by atoms with Crippen LogP contribution in [0.2, 0.25) is 0 Å². The minimum Gasteiger partial charge on any atom is -0.468 e. The summed E-state index contributed by atoms with van der Waals surface area (Å²) in [4.78, 5) is 15.6. The van der Waals surface area contributed by atoms with E-state index in [0.29, 0.717) is 12.2 Å². The first-order valence-corrected chi connectivity index (χ1v) is 7.66. The van der Waals surface area contributed by atoms with E-state index in [1.165, 1.54) is 12.3 Å². The molecule has 2 N–H and O–H groups in total. The van der Waals surface area contributed by atoms with Crippen LogP contribution in [0.15, 0.2) is 18.3 Å². The van der Waals surface area contributed by atoms with E-state index in [4.69, 9.17) is 4.74 Å². The Bertz CT molecular complexity index is 605. The quantitative estimate of drug-likeness (QED) is 0.858. The highest BCUT2D eigenvalue weighted by Gasteiger charge is 2.50. The number of nitrogens with one attached hydrogen (secondary N) is 2. The predicted molar refractivity (Wildman–Crippen MR) is 77.5 cm³/mol. The fraction of sp³-hybridized carbons (Fsp3) is 0.600. The Kier molecular flexibility index (Phi) is 4.53. The molecule has 0 bridgehead atoms. The summed E-state index contributed by atoms with van der Waals surface area (Å²) < 4.78 is 46.6. The molecular formula is C15H18F3N3O3. The van der Waals surface area contributed by atoms with E-state index in [1.54, 1.807) is 6.07 Å². The molecule has 132 valence electrons. The van der Waals surface area contributed by atoms with Crippen LogP contribution in [-0.4, -0.2) is 42.0 Å². The molecular weight excluding hydrogens is 327 g/mol. The van der Waals surface area contributed by atoms with Crippen molar-refractivity contribution in [3.8, 4) is 5.88 Å². The number of carbonyl (C=O) groups excluding carboxylic acids is 1. The predicted octanol–water partition coefficient (Wildman–Crippen LogP) is 2.14. The lowest BCUT2D eigenvalue weighted by Crippen LogP contribution is -2.42. The number of urea groups is 1. The van der Waals surface area contributed by atoms with Gasteiger partial charge in [-0.2, -0.15) is 13.2 Å².